The molecule has 4 nitrogen and oxygen atoms in total. The van der Waals surface area contributed by atoms with Crippen molar-refractivity contribution >= 4 is 48.8 Å². The molecule has 0 bridgehead atoms. The van der Waals surface area contributed by atoms with Crippen molar-refractivity contribution in [2.45, 2.75) is 3.12 Å². The smallest absolute Gasteiger partial charge is 0.261 e. The highest BCUT2D eigenvalue weighted by Crippen LogP contribution is 2.33. The first-order chi connectivity index (χ1) is 7.16. The van der Waals surface area contributed by atoms with Gasteiger partial charge in [0.1, 0.15) is 0 Å². The van der Waals surface area contributed by atoms with Crippen molar-refractivity contribution in [1.29, 1.82) is 0 Å². The van der Waals surface area contributed by atoms with Crippen molar-refractivity contribution in [3.8, 4) is 0 Å². The Kier molecular flexibility index (Phi) is 3.66. The summed E-state index contributed by atoms with van der Waals surface area (Å²) in [6, 6.07) is 5.83. The van der Waals surface area contributed by atoms with Gasteiger partial charge in [-0.1, -0.05) is 11.6 Å². The average Bonchev–Trinajstić information content (AvgIpc) is 2.16. The molecule has 0 fully saturated rings. The molecular formula is C9H9BrClNO3S. The average molecular weight is 327 g/mol. The molecular weight excluding hydrogens is 318 g/mol. The minimum absolute atomic E-state index is 0.173. The van der Waals surface area contributed by atoms with Crippen molar-refractivity contribution in [3.05, 3.63) is 29.8 Å². The van der Waals surface area contributed by atoms with Gasteiger partial charge in [-0.3, -0.25) is 4.79 Å². The molecule has 0 radical (unpaired) electrons. The van der Waals surface area contributed by atoms with Gasteiger partial charge in [0.25, 0.3) is 3.12 Å². The van der Waals surface area contributed by atoms with Crippen LogP contribution in [0.25, 0.3) is 0 Å². The van der Waals surface area contributed by atoms with Crippen LogP contribution in [0.1, 0.15) is 10.4 Å². The largest absolute Gasteiger partial charge is 0.399 e. The van der Waals surface area contributed by atoms with Gasteiger partial charge >= 0.3 is 0 Å². The number of halogens is 2. The van der Waals surface area contributed by atoms with Gasteiger partial charge in [-0.25, -0.2) is 8.42 Å². The maximum atomic E-state index is 11.8. The van der Waals surface area contributed by atoms with Crippen LogP contribution in [0.2, 0.25) is 0 Å². The first-order valence-corrected chi connectivity index (χ1v) is 7.20. The number of carbonyl (C=O) groups excluding carboxylic acids is 1. The fraction of sp³-hybridized carbons (Fsp3) is 0.222. The number of ketones is 1. The molecule has 0 saturated heterocycles. The van der Waals surface area contributed by atoms with E-state index in [9.17, 15) is 13.2 Å². The highest BCUT2D eigenvalue weighted by molar-refractivity contribution is 9.12. The van der Waals surface area contributed by atoms with Gasteiger partial charge in [0.2, 0.25) is 5.78 Å². The van der Waals surface area contributed by atoms with Crippen molar-refractivity contribution in [3.63, 3.8) is 0 Å². The minimum atomic E-state index is -3.76. The van der Waals surface area contributed by atoms with E-state index in [-0.39, 0.29) is 5.56 Å². The molecule has 1 rings (SSSR count). The number of anilines is 1. The predicted molar refractivity (Wildman–Crippen MR) is 67.5 cm³/mol. The Hall–Kier alpha value is -0.590. The molecule has 0 unspecified atom stereocenters. The highest BCUT2D eigenvalue weighted by atomic mass is 79.9. The van der Waals surface area contributed by atoms with E-state index < -0.39 is 18.7 Å². The molecule has 0 aliphatic heterocycles. The summed E-state index contributed by atoms with van der Waals surface area (Å²) >= 11 is 8.40. The Morgan fingerprint density at radius 2 is 1.81 bits per heavy atom. The maximum Gasteiger partial charge on any atom is 0.261 e. The van der Waals surface area contributed by atoms with Crippen LogP contribution in [0, 0.1) is 0 Å². The first kappa shape index (κ1) is 13.5. The standard InChI is InChI=1S/C9H9BrClNO3S/c1-16(14,15)9(10,11)8(13)6-2-4-7(12)5-3-6/h2-5H,12H2,1H3/t9-/m0/s1. The third-order valence-electron chi connectivity index (χ3n) is 1.90. The summed E-state index contributed by atoms with van der Waals surface area (Å²) in [7, 11) is -3.76. The van der Waals surface area contributed by atoms with Gasteiger partial charge in [-0.05, 0) is 40.2 Å². The van der Waals surface area contributed by atoms with Gasteiger partial charge < -0.3 is 5.73 Å². The van der Waals surface area contributed by atoms with Crippen LogP contribution in [-0.4, -0.2) is 23.6 Å². The molecule has 0 aromatic heterocycles. The number of carbonyl (C=O) groups is 1. The second kappa shape index (κ2) is 4.35. The van der Waals surface area contributed by atoms with Crippen LogP contribution < -0.4 is 5.73 Å². The number of rotatable bonds is 3. The van der Waals surface area contributed by atoms with Gasteiger partial charge in [0, 0.05) is 17.5 Å². The lowest BCUT2D eigenvalue weighted by Crippen LogP contribution is -2.34. The lowest BCUT2D eigenvalue weighted by atomic mass is 10.1. The van der Waals surface area contributed by atoms with Crippen molar-refractivity contribution < 1.29 is 13.2 Å². The molecule has 1 aromatic rings. The van der Waals surface area contributed by atoms with Crippen molar-refractivity contribution in [1.82, 2.24) is 0 Å². The van der Waals surface area contributed by atoms with Gasteiger partial charge in [-0.15, -0.1) is 0 Å². The predicted octanol–water partition coefficient (Wildman–Crippen LogP) is 1.78. The lowest BCUT2D eigenvalue weighted by Gasteiger charge is -2.16. The zero-order chi connectivity index (χ0) is 12.6. The Labute approximate surface area is 107 Å². The van der Waals surface area contributed by atoms with Crippen LogP contribution in [0.4, 0.5) is 5.69 Å². The molecule has 0 amide bonds. The van der Waals surface area contributed by atoms with E-state index in [1.165, 1.54) is 24.3 Å². The SMILES string of the molecule is CS(=O)(=O)[C@](Cl)(Br)C(=O)c1ccc(N)cc1. The summed E-state index contributed by atoms with van der Waals surface area (Å²) in [6.45, 7) is 0. The molecule has 7 heteroatoms. The van der Waals surface area contributed by atoms with E-state index in [0.29, 0.717) is 5.69 Å². The number of sulfone groups is 1. The summed E-state index contributed by atoms with van der Waals surface area (Å²) in [5, 5.41) is 0. The highest BCUT2D eigenvalue weighted by Gasteiger charge is 2.44. The second-order valence-corrected chi connectivity index (χ2v) is 8.36. The molecule has 0 aliphatic rings. The van der Waals surface area contributed by atoms with Gasteiger partial charge in [0.15, 0.2) is 9.84 Å². The zero-order valence-electron chi connectivity index (χ0n) is 8.28. The minimum Gasteiger partial charge on any atom is -0.399 e. The van der Waals surface area contributed by atoms with Crippen LogP contribution in [0.3, 0.4) is 0 Å². The monoisotopic (exact) mass is 325 g/mol. The summed E-state index contributed by atoms with van der Waals surface area (Å²) in [5.41, 5.74) is 6.10. The molecule has 0 spiro atoms. The number of hydrogen-bond donors (Lipinski definition) is 1. The molecule has 16 heavy (non-hydrogen) atoms. The third-order valence-corrected chi connectivity index (χ3v) is 6.16. The van der Waals surface area contributed by atoms with E-state index in [0.717, 1.165) is 6.26 Å². The summed E-state index contributed by atoms with van der Waals surface area (Å²) in [5.74, 6) is -0.739. The number of Topliss-reactive ketones (excluding diaryl/α,β-unsaturated/α-hetero) is 1. The summed E-state index contributed by atoms with van der Waals surface area (Å²) in [4.78, 5) is 11.8. The Bertz CT molecular complexity index is 510. The molecule has 0 heterocycles. The fourth-order valence-corrected chi connectivity index (χ4v) is 1.76. The lowest BCUT2D eigenvalue weighted by molar-refractivity contribution is 0.1000. The van der Waals surface area contributed by atoms with Crippen LogP contribution in [0.5, 0.6) is 0 Å². The molecule has 0 aliphatic carbocycles. The quantitative estimate of drug-likeness (QED) is 0.522. The van der Waals surface area contributed by atoms with Crippen LogP contribution in [0.15, 0.2) is 24.3 Å². The Morgan fingerprint density at radius 3 is 2.19 bits per heavy atom. The number of hydrogen-bond acceptors (Lipinski definition) is 4. The van der Waals surface area contributed by atoms with E-state index >= 15 is 0 Å². The van der Waals surface area contributed by atoms with E-state index in [1.54, 1.807) is 0 Å². The van der Waals surface area contributed by atoms with Crippen molar-refractivity contribution in [2.75, 3.05) is 12.0 Å². The number of nitrogens with two attached hydrogens (primary N) is 1. The normalized spacial score (nSPS) is 15.4. The van der Waals surface area contributed by atoms with Gasteiger partial charge in [-0.2, -0.15) is 0 Å². The molecule has 1 atom stereocenters. The van der Waals surface area contributed by atoms with E-state index in [1.807, 2.05) is 0 Å². The fourth-order valence-electron chi connectivity index (χ4n) is 0.971. The van der Waals surface area contributed by atoms with Crippen LogP contribution in [-0.2, 0) is 9.84 Å². The zero-order valence-corrected chi connectivity index (χ0v) is 11.4. The number of benzene rings is 1. The van der Waals surface area contributed by atoms with Crippen molar-refractivity contribution in [2.24, 2.45) is 0 Å². The molecule has 1 aromatic carbocycles. The molecule has 0 saturated carbocycles. The number of alkyl halides is 2. The summed E-state index contributed by atoms with van der Waals surface area (Å²) < 4.78 is 20.5. The Balaban J connectivity index is 3.18. The number of nitrogen functional groups attached to an aromatic ring is 1. The molecule has 88 valence electrons. The second-order valence-electron chi connectivity index (χ2n) is 3.24. The van der Waals surface area contributed by atoms with E-state index in [2.05, 4.69) is 15.9 Å². The molecule has 2 N–H and O–H groups in total. The van der Waals surface area contributed by atoms with Crippen LogP contribution >= 0.6 is 27.5 Å². The first-order valence-electron chi connectivity index (χ1n) is 4.14. The maximum absolute atomic E-state index is 11.8. The topological polar surface area (TPSA) is 77.2 Å². The summed E-state index contributed by atoms with van der Waals surface area (Å²) in [6.07, 6.45) is 0.879. The van der Waals surface area contributed by atoms with Gasteiger partial charge in [0.05, 0.1) is 0 Å². The van der Waals surface area contributed by atoms with E-state index in [4.69, 9.17) is 17.3 Å². The Morgan fingerprint density at radius 1 is 1.38 bits per heavy atom. The third kappa shape index (κ3) is 2.56.